The topological polar surface area (TPSA) is 70.6 Å². The molecule has 0 bridgehead atoms. The fourth-order valence-corrected chi connectivity index (χ4v) is 3.46. The summed E-state index contributed by atoms with van der Waals surface area (Å²) in [6, 6.07) is 0.160. The normalized spacial score (nSPS) is 22.1. The molecule has 7 nitrogen and oxygen atoms in total. The van der Waals surface area contributed by atoms with E-state index in [-0.39, 0.29) is 23.8 Å². The van der Waals surface area contributed by atoms with Crippen molar-refractivity contribution in [2.45, 2.75) is 37.6 Å². The molecule has 0 radical (unpaired) electrons. The molecule has 3 aliphatic rings. The summed E-state index contributed by atoms with van der Waals surface area (Å²) in [6.45, 7) is 3.71. The Bertz CT molecular complexity index is 625. The van der Waals surface area contributed by atoms with Gasteiger partial charge in [-0.25, -0.2) is 19.2 Å². The average Bonchev–Trinajstić information content (AvgIpc) is 3.48. The van der Waals surface area contributed by atoms with Crippen LogP contribution in [0.3, 0.4) is 0 Å². The monoisotopic (exact) mass is 349 g/mol. The van der Waals surface area contributed by atoms with Crippen molar-refractivity contribution in [2.24, 2.45) is 0 Å². The minimum absolute atomic E-state index is 0.0339. The smallest absolute Gasteiger partial charge is 0.317 e. The van der Waals surface area contributed by atoms with Gasteiger partial charge in [0.05, 0.1) is 5.69 Å². The SMILES string of the molecule is O=C(NC1CCOCC1)N1CCN(c2ncnc(C3CC3)c2F)CC1. The van der Waals surface area contributed by atoms with E-state index in [0.717, 1.165) is 25.7 Å². The van der Waals surface area contributed by atoms with Crippen molar-refractivity contribution in [3.63, 3.8) is 0 Å². The lowest BCUT2D eigenvalue weighted by atomic mass is 10.1. The molecule has 4 rings (SSSR count). The minimum Gasteiger partial charge on any atom is -0.381 e. The van der Waals surface area contributed by atoms with Crippen molar-refractivity contribution in [1.29, 1.82) is 0 Å². The predicted molar refractivity (Wildman–Crippen MR) is 90.1 cm³/mol. The number of nitrogens with one attached hydrogen (secondary N) is 1. The summed E-state index contributed by atoms with van der Waals surface area (Å²) < 4.78 is 20.0. The molecule has 0 unspecified atom stereocenters. The second kappa shape index (κ2) is 7.11. The third-order valence-corrected chi connectivity index (χ3v) is 5.18. The first-order valence-corrected chi connectivity index (χ1v) is 9.11. The van der Waals surface area contributed by atoms with Gasteiger partial charge in [-0.3, -0.25) is 0 Å². The average molecular weight is 349 g/mol. The minimum atomic E-state index is -0.287. The number of hydrogen-bond acceptors (Lipinski definition) is 5. The molecule has 136 valence electrons. The van der Waals surface area contributed by atoms with Gasteiger partial charge < -0.3 is 19.9 Å². The van der Waals surface area contributed by atoms with E-state index in [9.17, 15) is 9.18 Å². The Labute approximate surface area is 146 Å². The van der Waals surface area contributed by atoms with Gasteiger partial charge in [0.15, 0.2) is 11.6 Å². The summed E-state index contributed by atoms with van der Waals surface area (Å²) in [6.07, 6.45) is 5.20. The molecule has 1 aliphatic carbocycles. The summed E-state index contributed by atoms with van der Waals surface area (Å²) in [7, 11) is 0. The highest BCUT2D eigenvalue weighted by Gasteiger charge is 2.32. The highest BCUT2D eigenvalue weighted by molar-refractivity contribution is 5.75. The lowest BCUT2D eigenvalue weighted by Crippen LogP contribution is -2.54. The molecular formula is C17H24FN5O2. The third-order valence-electron chi connectivity index (χ3n) is 5.18. The van der Waals surface area contributed by atoms with E-state index < -0.39 is 0 Å². The number of rotatable bonds is 3. The quantitative estimate of drug-likeness (QED) is 0.896. The van der Waals surface area contributed by atoms with Gasteiger partial charge in [0.1, 0.15) is 6.33 Å². The molecule has 2 aliphatic heterocycles. The van der Waals surface area contributed by atoms with Crippen LogP contribution in [0.2, 0.25) is 0 Å². The van der Waals surface area contributed by atoms with Crippen LogP contribution in [0.1, 0.15) is 37.3 Å². The second-order valence-corrected chi connectivity index (χ2v) is 6.98. The zero-order chi connectivity index (χ0) is 17.2. The highest BCUT2D eigenvalue weighted by atomic mass is 19.1. The molecular weight excluding hydrogens is 325 g/mol. The zero-order valence-corrected chi connectivity index (χ0v) is 14.3. The van der Waals surface area contributed by atoms with Crippen LogP contribution in [-0.4, -0.2) is 66.3 Å². The number of anilines is 1. The maximum Gasteiger partial charge on any atom is 0.317 e. The van der Waals surface area contributed by atoms with E-state index in [1.165, 1.54) is 6.33 Å². The molecule has 0 aromatic carbocycles. The molecule has 8 heteroatoms. The maximum atomic E-state index is 14.6. The van der Waals surface area contributed by atoms with Gasteiger partial charge in [-0.05, 0) is 25.7 Å². The Balaban J connectivity index is 1.33. The molecule has 0 atom stereocenters. The van der Waals surface area contributed by atoms with Crippen LogP contribution in [0.4, 0.5) is 15.0 Å². The van der Waals surface area contributed by atoms with E-state index >= 15 is 0 Å². The summed E-state index contributed by atoms with van der Waals surface area (Å²) in [5, 5.41) is 3.08. The van der Waals surface area contributed by atoms with Gasteiger partial charge >= 0.3 is 6.03 Å². The molecule has 25 heavy (non-hydrogen) atoms. The van der Waals surface area contributed by atoms with Crippen LogP contribution in [-0.2, 0) is 4.74 Å². The van der Waals surface area contributed by atoms with E-state index in [0.29, 0.717) is 50.9 Å². The summed E-state index contributed by atoms with van der Waals surface area (Å²) in [5.74, 6) is 0.347. The van der Waals surface area contributed by atoms with Gasteiger partial charge in [-0.2, -0.15) is 0 Å². The van der Waals surface area contributed by atoms with Crippen LogP contribution in [0.25, 0.3) is 0 Å². The number of halogens is 1. The number of piperazine rings is 1. The van der Waals surface area contributed by atoms with Crippen molar-refractivity contribution >= 4 is 11.8 Å². The summed E-state index contributed by atoms with van der Waals surface area (Å²) in [5.41, 5.74) is 0.546. The molecule has 2 amide bonds. The van der Waals surface area contributed by atoms with Crippen LogP contribution in [0, 0.1) is 5.82 Å². The fourth-order valence-electron chi connectivity index (χ4n) is 3.46. The lowest BCUT2D eigenvalue weighted by Gasteiger charge is -2.36. The third kappa shape index (κ3) is 3.68. The molecule has 1 aromatic heterocycles. The predicted octanol–water partition coefficient (Wildman–Crippen LogP) is 1.50. The van der Waals surface area contributed by atoms with Crippen molar-refractivity contribution in [3.8, 4) is 0 Å². The second-order valence-electron chi connectivity index (χ2n) is 6.98. The zero-order valence-electron chi connectivity index (χ0n) is 14.3. The molecule has 3 fully saturated rings. The van der Waals surface area contributed by atoms with Gasteiger partial charge in [-0.1, -0.05) is 0 Å². The number of amides is 2. The molecule has 2 saturated heterocycles. The van der Waals surface area contributed by atoms with Gasteiger partial charge in [0.2, 0.25) is 0 Å². The van der Waals surface area contributed by atoms with E-state index in [1.807, 2.05) is 4.90 Å². The van der Waals surface area contributed by atoms with Gasteiger partial charge in [0, 0.05) is 51.4 Å². The van der Waals surface area contributed by atoms with Crippen molar-refractivity contribution < 1.29 is 13.9 Å². The van der Waals surface area contributed by atoms with Gasteiger partial charge in [0.25, 0.3) is 0 Å². The molecule has 1 aromatic rings. The van der Waals surface area contributed by atoms with Crippen LogP contribution in [0.5, 0.6) is 0 Å². The molecule has 3 heterocycles. The Hall–Kier alpha value is -1.96. The highest BCUT2D eigenvalue weighted by Crippen LogP contribution is 2.41. The van der Waals surface area contributed by atoms with E-state index in [2.05, 4.69) is 15.3 Å². The Morgan fingerprint density at radius 3 is 2.52 bits per heavy atom. The Morgan fingerprint density at radius 2 is 1.84 bits per heavy atom. The number of hydrogen-bond donors (Lipinski definition) is 1. The van der Waals surface area contributed by atoms with E-state index in [4.69, 9.17) is 4.74 Å². The molecule has 1 N–H and O–H groups in total. The van der Waals surface area contributed by atoms with Crippen molar-refractivity contribution in [3.05, 3.63) is 17.8 Å². The first-order chi connectivity index (χ1) is 12.2. The van der Waals surface area contributed by atoms with E-state index in [1.54, 1.807) is 4.90 Å². The lowest BCUT2D eigenvalue weighted by molar-refractivity contribution is 0.0779. The van der Waals surface area contributed by atoms with Crippen LogP contribution < -0.4 is 10.2 Å². The Kier molecular flexibility index (Phi) is 4.70. The standard InChI is InChI=1S/C17H24FN5O2/c18-14-15(12-1-2-12)19-11-20-16(14)22-5-7-23(8-6-22)17(24)21-13-3-9-25-10-4-13/h11-13H,1-10H2,(H,21,24). The van der Waals surface area contributed by atoms with Crippen molar-refractivity contribution in [2.75, 3.05) is 44.3 Å². The first kappa shape index (κ1) is 16.5. The number of ether oxygens (including phenoxy) is 1. The number of aromatic nitrogens is 2. The number of nitrogens with zero attached hydrogens (tertiary/aromatic N) is 4. The largest absolute Gasteiger partial charge is 0.381 e. The Morgan fingerprint density at radius 1 is 1.12 bits per heavy atom. The van der Waals surface area contributed by atoms with Crippen LogP contribution >= 0.6 is 0 Å². The van der Waals surface area contributed by atoms with Crippen LogP contribution in [0.15, 0.2) is 6.33 Å². The summed E-state index contributed by atoms with van der Waals surface area (Å²) in [4.78, 5) is 24.3. The first-order valence-electron chi connectivity index (χ1n) is 9.11. The number of urea groups is 1. The van der Waals surface area contributed by atoms with Crippen molar-refractivity contribution in [1.82, 2.24) is 20.2 Å². The molecule has 1 saturated carbocycles. The number of carbonyl (C=O) groups is 1. The number of carbonyl (C=O) groups excluding carboxylic acids is 1. The molecule has 0 spiro atoms. The van der Waals surface area contributed by atoms with Gasteiger partial charge in [-0.15, -0.1) is 0 Å². The summed E-state index contributed by atoms with van der Waals surface area (Å²) >= 11 is 0. The maximum absolute atomic E-state index is 14.6. The fraction of sp³-hybridized carbons (Fsp3) is 0.706.